The van der Waals surface area contributed by atoms with E-state index in [4.69, 9.17) is 4.74 Å². The summed E-state index contributed by atoms with van der Waals surface area (Å²) in [5, 5.41) is 2.00. The minimum absolute atomic E-state index is 0.210. The van der Waals surface area contributed by atoms with Gasteiger partial charge in [-0.3, -0.25) is 19.3 Å². The van der Waals surface area contributed by atoms with Gasteiger partial charge >= 0.3 is 0 Å². The molecule has 0 aromatic heterocycles. The molecule has 1 aliphatic heterocycles. The summed E-state index contributed by atoms with van der Waals surface area (Å²) in [6.07, 6.45) is 1.58. The number of hydrogen-bond acceptors (Lipinski definition) is 5. The Hall–Kier alpha value is -3.91. The van der Waals surface area contributed by atoms with Crippen LogP contribution in [0.3, 0.4) is 0 Å². The van der Waals surface area contributed by atoms with Crippen molar-refractivity contribution in [2.75, 3.05) is 11.9 Å². The number of para-hydroxylation sites is 1. The second-order valence-corrected chi connectivity index (χ2v) is 7.80. The highest BCUT2D eigenvalue weighted by Gasteiger charge is 2.36. The third-order valence-corrected chi connectivity index (χ3v) is 5.35. The number of ether oxygens (including phenoxy) is 1. The third-order valence-electron chi connectivity index (χ3n) is 4.44. The van der Waals surface area contributed by atoms with Crippen molar-refractivity contribution in [3.8, 4) is 11.5 Å². The average molecular weight is 448 g/mol. The fraction of sp³-hybridized carbons (Fsp3) is 0.0417. The Bertz CT molecular complexity index is 1200. The van der Waals surface area contributed by atoms with Crippen LogP contribution in [0.4, 0.5) is 14.9 Å². The molecule has 0 radical (unpaired) electrons. The maximum Gasteiger partial charge on any atom is 0.294 e. The molecule has 1 heterocycles. The molecule has 0 atom stereocenters. The lowest BCUT2D eigenvalue weighted by Crippen LogP contribution is -2.36. The Morgan fingerprint density at radius 1 is 0.969 bits per heavy atom. The van der Waals surface area contributed by atoms with Crippen LogP contribution in [0.25, 0.3) is 6.08 Å². The molecule has 3 amide bonds. The molecule has 1 fully saturated rings. The van der Waals surface area contributed by atoms with Crippen LogP contribution in [0.1, 0.15) is 5.56 Å². The van der Waals surface area contributed by atoms with Crippen molar-refractivity contribution < 1.29 is 23.5 Å². The number of carbonyl (C=O) groups excluding carboxylic acids is 3. The van der Waals surface area contributed by atoms with Crippen molar-refractivity contribution in [3.63, 3.8) is 0 Å². The minimum atomic E-state index is -0.557. The normalized spacial score (nSPS) is 14.7. The average Bonchev–Trinajstić information content (AvgIpc) is 3.03. The maximum atomic E-state index is 13.0. The van der Waals surface area contributed by atoms with Gasteiger partial charge in [-0.1, -0.05) is 30.3 Å². The molecule has 0 aliphatic carbocycles. The van der Waals surface area contributed by atoms with E-state index in [0.29, 0.717) is 22.7 Å². The summed E-state index contributed by atoms with van der Waals surface area (Å²) in [7, 11) is 0. The highest BCUT2D eigenvalue weighted by Crippen LogP contribution is 2.33. The number of carbonyl (C=O) groups is 3. The van der Waals surface area contributed by atoms with E-state index in [0.717, 1.165) is 16.7 Å². The largest absolute Gasteiger partial charge is 0.457 e. The third kappa shape index (κ3) is 5.22. The second-order valence-electron chi connectivity index (χ2n) is 6.81. The standard InChI is InChI=1S/C24H17FN2O4S/c25-17-9-11-18(12-10-17)26-22(28)15-27-23(29)21(32-24(27)30)14-16-5-4-8-20(13-16)31-19-6-2-1-3-7-19/h1-14H,15H2,(H,26,28)/b21-14-. The number of amides is 3. The molecule has 8 heteroatoms. The summed E-state index contributed by atoms with van der Waals surface area (Å²) in [6.45, 7) is -0.434. The van der Waals surface area contributed by atoms with Crippen molar-refractivity contribution >= 4 is 40.6 Å². The fourth-order valence-corrected chi connectivity index (χ4v) is 3.80. The van der Waals surface area contributed by atoms with Crippen LogP contribution in [0.15, 0.2) is 83.8 Å². The van der Waals surface area contributed by atoms with Crippen molar-refractivity contribution in [1.82, 2.24) is 4.90 Å². The lowest BCUT2D eigenvalue weighted by Gasteiger charge is -2.12. The van der Waals surface area contributed by atoms with E-state index >= 15 is 0 Å². The zero-order valence-electron chi connectivity index (χ0n) is 16.7. The second kappa shape index (κ2) is 9.49. The SMILES string of the molecule is O=C(CN1C(=O)S/C(=C\c2cccc(Oc3ccccc3)c2)C1=O)Nc1ccc(F)cc1. The molecular formula is C24H17FN2O4S. The number of thioether (sulfide) groups is 1. The van der Waals surface area contributed by atoms with Crippen LogP contribution >= 0.6 is 11.8 Å². The molecule has 0 bridgehead atoms. The Balaban J connectivity index is 1.43. The van der Waals surface area contributed by atoms with E-state index in [1.807, 2.05) is 30.3 Å². The predicted molar refractivity (Wildman–Crippen MR) is 121 cm³/mol. The lowest BCUT2D eigenvalue weighted by atomic mass is 10.2. The van der Waals surface area contributed by atoms with Gasteiger partial charge in [0.1, 0.15) is 23.9 Å². The Morgan fingerprint density at radius 3 is 2.44 bits per heavy atom. The number of nitrogens with one attached hydrogen (secondary N) is 1. The van der Waals surface area contributed by atoms with E-state index in [-0.39, 0.29) is 4.91 Å². The van der Waals surface area contributed by atoms with Crippen molar-refractivity contribution in [2.45, 2.75) is 0 Å². The van der Waals surface area contributed by atoms with Crippen molar-refractivity contribution in [1.29, 1.82) is 0 Å². The van der Waals surface area contributed by atoms with Gasteiger partial charge in [0.05, 0.1) is 4.91 Å². The molecule has 6 nitrogen and oxygen atoms in total. The zero-order chi connectivity index (χ0) is 22.5. The summed E-state index contributed by atoms with van der Waals surface area (Å²) in [6, 6.07) is 21.6. The Morgan fingerprint density at radius 2 is 1.69 bits per heavy atom. The number of anilines is 1. The topological polar surface area (TPSA) is 75.7 Å². The monoisotopic (exact) mass is 448 g/mol. The lowest BCUT2D eigenvalue weighted by molar-refractivity contribution is -0.127. The quantitative estimate of drug-likeness (QED) is 0.519. The molecule has 0 saturated carbocycles. The molecule has 3 aromatic carbocycles. The predicted octanol–water partition coefficient (Wildman–Crippen LogP) is 5.29. The number of halogens is 1. The first-order valence-corrected chi connectivity index (χ1v) is 10.4. The molecule has 1 N–H and O–H groups in total. The summed E-state index contributed by atoms with van der Waals surface area (Å²) >= 11 is 0.765. The van der Waals surface area contributed by atoms with Crippen LogP contribution in [0.5, 0.6) is 11.5 Å². The first-order chi connectivity index (χ1) is 15.5. The van der Waals surface area contributed by atoms with E-state index < -0.39 is 29.4 Å². The van der Waals surface area contributed by atoms with E-state index in [9.17, 15) is 18.8 Å². The Labute approximate surface area is 187 Å². The Kier molecular flexibility index (Phi) is 6.32. The van der Waals surface area contributed by atoms with Gasteiger partial charge in [-0.15, -0.1) is 0 Å². The number of rotatable bonds is 6. The van der Waals surface area contributed by atoms with Crippen LogP contribution < -0.4 is 10.1 Å². The van der Waals surface area contributed by atoms with Gasteiger partial charge < -0.3 is 10.1 Å². The van der Waals surface area contributed by atoms with Gasteiger partial charge in [0.2, 0.25) is 5.91 Å². The van der Waals surface area contributed by atoms with Crippen molar-refractivity contribution in [3.05, 3.63) is 95.1 Å². The van der Waals surface area contributed by atoms with E-state index in [1.54, 1.807) is 30.3 Å². The zero-order valence-corrected chi connectivity index (χ0v) is 17.5. The fourth-order valence-electron chi connectivity index (χ4n) is 2.96. The van der Waals surface area contributed by atoms with Gasteiger partial charge in [-0.05, 0) is 71.9 Å². The molecule has 4 rings (SSSR count). The van der Waals surface area contributed by atoms with E-state index in [2.05, 4.69) is 5.32 Å². The van der Waals surface area contributed by atoms with Crippen LogP contribution in [-0.2, 0) is 9.59 Å². The van der Waals surface area contributed by atoms with Crippen LogP contribution in [0, 0.1) is 5.82 Å². The number of nitrogens with zero attached hydrogens (tertiary/aromatic N) is 1. The number of imide groups is 1. The highest BCUT2D eigenvalue weighted by molar-refractivity contribution is 8.18. The van der Waals surface area contributed by atoms with Crippen LogP contribution in [-0.4, -0.2) is 28.5 Å². The molecule has 1 saturated heterocycles. The summed E-state index contributed by atoms with van der Waals surface area (Å²) in [5.41, 5.74) is 1.05. The smallest absolute Gasteiger partial charge is 0.294 e. The highest BCUT2D eigenvalue weighted by atomic mass is 32.2. The molecule has 0 spiro atoms. The summed E-state index contributed by atoms with van der Waals surface area (Å²) in [5.74, 6) is -0.278. The van der Waals surface area contributed by atoms with Gasteiger partial charge in [-0.25, -0.2) is 4.39 Å². The van der Waals surface area contributed by atoms with E-state index in [1.165, 1.54) is 24.3 Å². The van der Waals surface area contributed by atoms with Crippen LogP contribution in [0.2, 0.25) is 0 Å². The molecule has 3 aromatic rings. The molecular weight excluding hydrogens is 431 g/mol. The molecule has 32 heavy (non-hydrogen) atoms. The van der Waals surface area contributed by atoms with Gasteiger partial charge in [0.25, 0.3) is 11.1 Å². The first-order valence-electron chi connectivity index (χ1n) is 9.62. The van der Waals surface area contributed by atoms with Gasteiger partial charge in [-0.2, -0.15) is 0 Å². The summed E-state index contributed by atoms with van der Waals surface area (Å²) in [4.78, 5) is 38.3. The van der Waals surface area contributed by atoms with Gasteiger partial charge in [0, 0.05) is 5.69 Å². The summed E-state index contributed by atoms with van der Waals surface area (Å²) < 4.78 is 18.8. The minimum Gasteiger partial charge on any atom is -0.457 e. The molecule has 1 aliphatic rings. The van der Waals surface area contributed by atoms with Crippen molar-refractivity contribution in [2.24, 2.45) is 0 Å². The number of benzene rings is 3. The molecule has 160 valence electrons. The molecule has 0 unspecified atom stereocenters. The first kappa shape index (κ1) is 21.3. The maximum absolute atomic E-state index is 13.0. The number of hydrogen-bond donors (Lipinski definition) is 1. The van der Waals surface area contributed by atoms with Gasteiger partial charge in [0.15, 0.2) is 0 Å².